The van der Waals surface area contributed by atoms with E-state index in [2.05, 4.69) is 9.71 Å². The minimum Gasteiger partial charge on any atom is -0.381 e. The molecule has 0 spiro atoms. The third-order valence-electron chi connectivity index (χ3n) is 4.26. The number of benzene rings is 1. The Balaban J connectivity index is 1.92. The molecule has 1 N–H and O–H groups in total. The van der Waals surface area contributed by atoms with Gasteiger partial charge in [0, 0.05) is 32.7 Å². The van der Waals surface area contributed by atoms with Crippen molar-refractivity contribution in [2.24, 2.45) is 13.0 Å². The first-order valence-electron chi connectivity index (χ1n) is 7.80. The molecule has 1 atom stereocenters. The molecule has 130 valence electrons. The number of aryl methyl sites for hydroxylation is 1. The summed E-state index contributed by atoms with van der Waals surface area (Å²) in [5.41, 5.74) is 0. The molecule has 0 saturated carbocycles. The SMILES string of the molecule is Cn1ccnc1[C@H](NS(=O)(=O)c1cccc(F)c1)C1CCOCC1. The van der Waals surface area contributed by atoms with Crippen LogP contribution in [0.15, 0.2) is 41.6 Å². The number of ether oxygens (including phenoxy) is 1. The molecule has 1 aromatic heterocycles. The molecule has 0 amide bonds. The number of halogens is 1. The van der Waals surface area contributed by atoms with Gasteiger partial charge in [0.1, 0.15) is 11.6 Å². The predicted molar refractivity (Wildman–Crippen MR) is 86.2 cm³/mol. The molecule has 2 aromatic rings. The van der Waals surface area contributed by atoms with Gasteiger partial charge in [0.25, 0.3) is 0 Å². The number of hydrogen-bond donors (Lipinski definition) is 1. The molecule has 0 unspecified atom stereocenters. The fourth-order valence-electron chi connectivity index (χ4n) is 2.96. The molecule has 0 radical (unpaired) electrons. The molecule has 24 heavy (non-hydrogen) atoms. The van der Waals surface area contributed by atoms with E-state index in [0.717, 1.165) is 18.9 Å². The lowest BCUT2D eigenvalue weighted by molar-refractivity contribution is 0.0551. The number of hydrogen-bond acceptors (Lipinski definition) is 4. The van der Waals surface area contributed by atoms with Crippen molar-refractivity contribution < 1.29 is 17.5 Å². The van der Waals surface area contributed by atoms with Gasteiger partial charge in [0.15, 0.2) is 0 Å². The Kier molecular flexibility index (Phi) is 4.98. The van der Waals surface area contributed by atoms with Crippen molar-refractivity contribution >= 4 is 10.0 Å². The van der Waals surface area contributed by atoms with Crippen LogP contribution in [0.5, 0.6) is 0 Å². The highest BCUT2D eigenvalue weighted by Gasteiger charge is 2.32. The topological polar surface area (TPSA) is 73.2 Å². The molecule has 0 bridgehead atoms. The number of sulfonamides is 1. The second kappa shape index (κ2) is 7.00. The lowest BCUT2D eigenvalue weighted by Crippen LogP contribution is -2.37. The zero-order valence-corrected chi connectivity index (χ0v) is 14.2. The molecule has 6 nitrogen and oxygen atoms in total. The zero-order valence-electron chi connectivity index (χ0n) is 13.4. The van der Waals surface area contributed by atoms with Gasteiger partial charge in [-0.05, 0) is 37.0 Å². The molecule has 1 aliphatic heterocycles. The zero-order chi connectivity index (χ0) is 17.2. The second-order valence-electron chi connectivity index (χ2n) is 5.90. The quantitative estimate of drug-likeness (QED) is 0.892. The molecule has 2 heterocycles. The van der Waals surface area contributed by atoms with E-state index in [1.165, 1.54) is 18.2 Å². The van der Waals surface area contributed by atoms with Crippen molar-refractivity contribution in [3.05, 3.63) is 48.3 Å². The van der Waals surface area contributed by atoms with Gasteiger partial charge < -0.3 is 9.30 Å². The number of rotatable bonds is 5. The first-order valence-corrected chi connectivity index (χ1v) is 9.28. The van der Waals surface area contributed by atoms with Crippen molar-refractivity contribution in [3.8, 4) is 0 Å². The Labute approximate surface area is 140 Å². The fraction of sp³-hybridized carbons (Fsp3) is 0.438. The largest absolute Gasteiger partial charge is 0.381 e. The minimum atomic E-state index is -3.86. The van der Waals surface area contributed by atoms with Gasteiger partial charge in [-0.1, -0.05) is 6.07 Å². The predicted octanol–water partition coefficient (Wildman–Crippen LogP) is 2.01. The second-order valence-corrected chi connectivity index (χ2v) is 7.62. The number of nitrogens with one attached hydrogen (secondary N) is 1. The van der Waals surface area contributed by atoms with E-state index in [1.54, 1.807) is 17.0 Å². The Morgan fingerprint density at radius 3 is 2.75 bits per heavy atom. The maximum Gasteiger partial charge on any atom is 0.241 e. The third-order valence-corrected chi connectivity index (χ3v) is 5.70. The van der Waals surface area contributed by atoms with Crippen molar-refractivity contribution in [2.45, 2.75) is 23.8 Å². The van der Waals surface area contributed by atoms with Crippen LogP contribution in [-0.4, -0.2) is 31.2 Å². The molecular formula is C16H20FN3O3S. The smallest absolute Gasteiger partial charge is 0.241 e. The van der Waals surface area contributed by atoms with Crippen molar-refractivity contribution in [1.82, 2.24) is 14.3 Å². The summed E-state index contributed by atoms with van der Waals surface area (Å²) < 4.78 is 48.7. The first kappa shape index (κ1) is 17.1. The normalized spacial score (nSPS) is 17.8. The number of nitrogens with zero attached hydrogens (tertiary/aromatic N) is 2. The molecule has 3 rings (SSSR count). The fourth-order valence-corrected chi connectivity index (χ4v) is 4.25. The standard InChI is InChI=1S/C16H20FN3O3S/c1-20-8-7-18-16(20)15(12-5-9-23-10-6-12)19-24(21,22)14-4-2-3-13(17)11-14/h2-4,7-8,11-12,15,19H,5-6,9-10H2,1H3/t15-/m1/s1. The summed E-state index contributed by atoms with van der Waals surface area (Å²) in [6, 6.07) is 4.51. The van der Waals surface area contributed by atoms with Crippen LogP contribution >= 0.6 is 0 Å². The van der Waals surface area contributed by atoms with Crippen LogP contribution in [0, 0.1) is 11.7 Å². The molecule has 8 heteroatoms. The Bertz CT molecular complexity index is 800. The van der Waals surface area contributed by atoms with E-state index in [4.69, 9.17) is 4.74 Å². The van der Waals surface area contributed by atoms with E-state index < -0.39 is 21.9 Å². The van der Waals surface area contributed by atoms with Gasteiger partial charge in [-0.15, -0.1) is 0 Å². The lowest BCUT2D eigenvalue weighted by atomic mass is 9.92. The van der Waals surface area contributed by atoms with Gasteiger partial charge in [-0.25, -0.2) is 22.5 Å². The molecule has 0 aliphatic carbocycles. The van der Waals surface area contributed by atoms with E-state index in [0.29, 0.717) is 19.0 Å². The molecule has 1 aromatic carbocycles. The Morgan fingerprint density at radius 2 is 2.12 bits per heavy atom. The van der Waals surface area contributed by atoms with Gasteiger partial charge in [-0.3, -0.25) is 0 Å². The maximum atomic E-state index is 13.4. The van der Waals surface area contributed by atoms with E-state index in [9.17, 15) is 12.8 Å². The van der Waals surface area contributed by atoms with Gasteiger partial charge in [0.05, 0.1) is 10.9 Å². The Hall–Kier alpha value is -1.77. The van der Waals surface area contributed by atoms with Crippen LogP contribution in [-0.2, 0) is 21.8 Å². The van der Waals surface area contributed by atoms with Crippen LogP contribution in [0.25, 0.3) is 0 Å². The molecule has 1 saturated heterocycles. The van der Waals surface area contributed by atoms with Crippen molar-refractivity contribution in [2.75, 3.05) is 13.2 Å². The summed E-state index contributed by atoms with van der Waals surface area (Å²) in [7, 11) is -2.03. The summed E-state index contributed by atoms with van der Waals surface area (Å²) in [4.78, 5) is 4.22. The molecule has 1 aliphatic rings. The van der Waals surface area contributed by atoms with Gasteiger partial charge in [0.2, 0.25) is 10.0 Å². The highest BCUT2D eigenvalue weighted by Crippen LogP contribution is 2.30. The number of aromatic nitrogens is 2. The monoisotopic (exact) mass is 353 g/mol. The van der Waals surface area contributed by atoms with Crippen molar-refractivity contribution in [3.63, 3.8) is 0 Å². The van der Waals surface area contributed by atoms with Gasteiger partial charge >= 0.3 is 0 Å². The van der Waals surface area contributed by atoms with E-state index >= 15 is 0 Å². The van der Waals surface area contributed by atoms with Crippen molar-refractivity contribution in [1.29, 1.82) is 0 Å². The average molecular weight is 353 g/mol. The summed E-state index contributed by atoms with van der Waals surface area (Å²) >= 11 is 0. The summed E-state index contributed by atoms with van der Waals surface area (Å²) in [6.07, 6.45) is 4.89. The highest BCUT2D eigenvalue weighted by atomic mass is 32.2. The minimum absolute atomic E-state index is 0.0724. The van der Waals surface area contributed by atoms with Crippen LogP contribution in [0.4, 0.5) is 4.39 Å². The van der Waals surface area contributed by atoms with E-state index in [-0.39, 0.29) is 10.8 Å². The van der Waals surface area contributed by atoms with Crippen LogP contribution in [0.2, 0.25) is 0 Å². The summed E-state index contributed by atoms with van der Waals surface area (Å²) in [5, 5.41) is 0. The molecular weight excluding hydrogens is 333 g/mol. The maximum absolute atomic E-state index is 13.4. The average Bonchev–Trinajstić information content (AvgIpc) is 2.99. The van der Waals surface area contributed by atoms with Gasteiger partial charge in [-0.2, -0.15) is 0 Å². The highest BCUT2D eigenvalue weighted by molar-refractivity contribution is 7.89. The number of imidazole rings is 1. The van der Waals surface area contributed by atoms with Crippen LogP contribution in [0.1, 0.15) is 24.7 Å². The Morgan fingerprint density at radius 1 is 1.38 bits per heavy atom. The molecule has 1 fully saturated rings. The lowest BCUT2D eigenvalue weighted by Gasteiger charge is -2.30. The third kappa shape index (κ3) is 3.66. The first-order chi connectivity index (χ1) is 11.5. The van der Waals surface area contributed by atoms with Crippen LogP contribution in [0.3, 0.4) is 0 Å². The summed E-state index contributed by atoms with van der Waals surface area (Å²) in [6.45, 7) is 1.18. The van der Waals surface area contributed by atoms with E-state index in [1.807, 2.05) is 7.05 Å². The van der Waals surface area contributed by atoms with Crippen LogP contribution < -0.4 is 4.72 Å². The summed E-state index contributed by atoms with van der Waals surface area (Å²) in [5.74, 6) is 0.127.